The van der Waals surface area contributed by atoms with Crippen LogP contribution in [0.2, 0.25) is 0 Å². The molecule has 3 aromatic rings. The molecule has 0 radical (unpaired) electrons. The minimum absolute atomic E-state index is 0.0257. The molecule has 2 aromatic carbocycles. The van der Waals surface area contributed by atoms with Crippen molar-refractivity contribution in [2.24, 2.45) is 5.92 Å². The molecule has 2 aliphatic rings. The van der Waals surface area contributed by atoms with Crippen molar-refractivity contribution < 1.29 is 9.59 Å². The molecule has 1 aromatic heterocycles. The first-order chi connectivity index (χ1) is 18.9. The third-order valence-electron chi connectivity index (χ3n) is 8.88. The Morgan fingerprint density at radius 3 is 2.49 bits per heavy atom. The maximum atomic E-state index is 13.2. The van der Waals surface area contributed by atoms with Gasteiger partial charge in [0.15, 0.2) is 5.78 Å². The molecule has 0 spiro atoms. The topological polar surface area (TPSA) is 62.3 Å². The van der Waals surface area contributed by atoms with E-state index in [1.165, 1.54) is 30.4 Å². The number of hydrogen-bond acceptors (Lipinski definition) is 4. The van der Waals surface area contributed by atoms with Crippen molar-refractivity contribution in [3.63, 3.8) is 0 Å². The van der Waals surface area contributed by atoms with Crippen LogP contribution in [0, 0.1) is 19.8 Å². The second kappa shape index (κ2) is 12.4. The molecule has 2 heterocycles. The van der Waals surface area contributed by atoms with E-state index in [1.807, 2.05) is 37.3 Å². The van der Waals surface area contributed by atoms with E-state index in [2.05, 4.69) is 41.2 Å². The number of carbonyl (C=O) groups is 2. The van der Waals surface area contributed by atoms with Crippen LogP contribution >= 0.6 is 0 Å². The summed E-state index contributed by atoms with van der Waals surface area (Å²) in [5.74, 6) is 1.03. The van der Waals surface area contributed by atoms with E-state index in [0.29, 0.717) is 6.42 Å². The van der Waals surface area contributed by atoms with Crippen LogP contribution in [0.3, 0.4) is 0 Å². The maximum absolute atomic E-state index is 13.2. The van der Waals surface area contributed by atoms with Gasteiger partial charge in [-0.2, -0.15) is 0 Å². The number of ketones is 1. The Labute approximate surface area is 233 Å². The normalized spacial score (nSPS) is 19.9. The van der Waals surface area contributed by atoms with E-state index in [0.717, 1.165) is 90.9 Å². The number of aryl methyl sites for hydroxylation is 2. The summed E-state index contributed by atoms with van der Waals surface area (Å²) in [7, 11) is 0. The van der Waals surface area contributed by atoms with Crippen LogP contribution in [-0.2, 0) is 12.8 Å². The molecular formula is C34H43N3O2. The lowest BCUT2D eigenvalue weighted by molar-refractivity contribution is 0.0920. The minimum atomic E-state index is 0.0257. The fourth-order valence-electron chi connectivity index (χ4n) is 6.41. The summed E-state index contributed by atoms with van der Waals surface area (Å²) in [6.07, 6.45) is 9.33. The second-order valence-electron chi connectivity index (χ2n) is 11.8. The number of amides is 1. The Kier molecular flexibility index (Phi) is 8.76. The van der Waals surface area contributed by atoms with Crippen LogP contribution in [0.5, 0.6) is 0 Å². The first-order valence-electron chi connectivity index (χ1n) is 15.0. The molecule has 0 atom stereocenters. The first-order valence-corrected chi connectivity index (χ1v) is 15.0. The quantitative estimate of drug-likeness (QED) is 0.336. The summed E-state index contributed by atoms with van der Waals surface area (Å²) in [6, 6.07) is 14.6. The zero-order valence-corrected chi connectivity index (χ0v) is 23.9. The van der Waals surface area contributed by atoms with Crippen molar-refractivity contribution in [3.05, 3.63) is 76.0 Å². The first kappa shape index (κ1) is 27.5. The van der Waals surface area contributed by atoms with Crippen molar-refractivity contribution in [1.29, 1.82) is 0 Å². The van der Waals surface area contributed by atoms with Crippen LogP contribution < -0.4 is 5.32 Å². The molecule has 5 nitrogen and oxygen atoms in total. The van der Waals surface area contributed by atoms with Crippen molar-refractivity contribution in [1.82, 2.24) is 15.2 Å². The average Bonchev–Trinajstić information content (AvgIpc) is 3.15. The van der Waals surface area contributed by atoms with Crippen LogP contribution in [-0.4, -0.2) is 47.3 Å². The Morgan fingerprint density at radius 2 is 1.72 bits per heavy atom. The SMILES string of the molecule is CCCC(=O)c1ccc2c(c1)CCN(CC[C@H]1CC[C@H](NC(=O)c3ccc(C)c4nc(C)ccc34)CC1)CC2. The van der Waals surface area contributed by atoms with Crippen LogP contribution in [0.4, 0.5) is 0 Å². The molecule has 5 rings (SSSR count). The van der Waals surface area contributed by atoms with E-state index in [4.69, 9.17) is 0 Å². The third-order valence-corrected chi connectivity index (χ3v) is 8.88. The molecule has 39 heavy (non-hydrogen) atoms. The van der Waals surface area contributed by atoms with Crippen molar-refractivity contribution >= 4 is 22.6 Å². The molecule has 1 aliphatic heterocycles. The number of aromatic nitrogens is 1. The number of pyridine rings is 1. The van der Waals surface area contributed by atoms with Crippen LogP contribution in [0.15, 0.2) is 42.5 Å². The molecule has 5 heteroatoms. The standard InChI is InChI=1S/C34H43N3O2/c1-4-5-32(38)28-11-10-26-17-20-37(21-18-27(26)22-28)19-16-25-8-12-29(13-9-25)36-34(39)31-14-6-23(2)33-30(31)15-7-24(3)35-33/h6-7,10-11,14-15,22,25,29H,4-5,8-9,12-13,16-21H2,1-3H3,(H,36,39)/t25-,29-. The van der Waals surface area contributed by atoms with Crippen molar-refractivity contribution in [2.75, 3.05) is 19.6 Å². The molecule has 0 unspecified atom stereocenters. The fraction of sp³-hybridized carbons (Fsp3) is 0.500. The van der Waals surface area contributed by atoms with Gasteiger partial charge in [0.1, 0.15) is 0 Å². The summed E-state index contributed by atoms with van der Waals surface area (Å²) in [5.41, 5.74) is 7.39. The second-order valence-corrected chi connectivity index (χ2v) is 11.8. The molecule has 1 fully saturated rings. The molecule has 0 bridgehead atoms. The molecule has 1 aliphatic carbocycles. The van der Waals surface area contributed by atoms with E-state index in [1.54, 1.807) is 0 Å². The summed E-state index contributed by atoms with van der Waals surface area (Å²) < 4.78 is 0. The van der Waals surface area contributed by atoms with Gasteiger partial charge in [-0.3, -0.25) is 14.6 Å². The number of Topliss-reactive ketones (excluding diaryl/α,β-unsaturated/α-hetero) is 1. The van der Waals surface area contributed by atoms with Gasteiger partial charge in [-0.05, 0) is 113 Å². The lowest BCUT2D eigenvalue weighted by Crippen LogP contribution is -2.38. The Balaban J connectivity index is 1.09. The molecular weight excluding hydrogens is 482 g/mol. The molecule has 0 saturated heterocycles. The smallest absolute Gasteiger partial charge is 0.252 e. The van der Waals surface area contributed by atoms with Gasteiger partial charge in [0.2, 0.25) is 0 Å². The minimum Gasteiger partial charge on any atom is -0.349 e. The highest BCUT2D eigenvalue weighted by Crippen LogP contribution is 2.29. The Hall–Kier alpha value is -3.05. The number of fused-ring (bicyclic) bond motifs is 2. The van der Waals surface area contributed by atoms with Crippen molar-refractivity contribution in [2.45, 2.75) is 84.6 Å². The lowest BCUT2D eigenvalue weighted by atomic mass is 9.84. The third kappa shape index (κ3) is 6.58. The maximum Gasteiger partial charge on any atom is 0.252 e. The van der Waals surface area contributed by atoms with Gasteiger partial charge in [0.25, 0.3) is 5.91 Å². The summed E-state index contributed by atoms with van der Waals surface area (Å²) in [4.78, 5) is 32.8. The number of hydrogen-bond donors (Lipinski definition) is 1. The molecule has 1 N–H and O–H groups in total. The zero-order chi connectivity index (χ0) is 27.4. The predicted octanol–water partition coefficient (Wildman–Crippen LogP) is 6.61. The monoisotopic (exact) mass is 525 g/mol. The zero-order valence-electron chi connectivity index (χ0n) is 23.9. The predicted molar refractivity (Wildman–Crippen MR) is 159 cm³/mol. The van der Waals surface area contributed by atoms with Gasteiger partial charge < -0.3 is 10.2 Å². The van der Waals surface area contributed by atoms with Gasteiger partial charge in [0.05, 0.1) is 5.52 Å². The van der Waals surface area contributed by atoms with Gasteiger partial charge in [-0.1, -0.05) is 31.2 Å². The van der Waals surface area contributed by atoms with E-state index in [-0.39, 0.29) is 17.7 Å². The van der Waals surface area contributed by atoms with Crippen LogP contribution in [0.25, 0.3) is 10.9 Å². The van der Waals surface area contributed by atoms with E-state index < -0.39 is 0 Å². The Bertz CT molecular complexity index is 1340. The Morgan fingerprint density at radius 1 is 0.949 bits per heavy atom. The molecule has 1 amide bonds. The van der Waals surface area contributed by atoms with Gasteiger partial charge >= 0.3 is 0 Å². The summed E-state index contributed by atoms with van der Waals surface area (Å²) >= 11 is 0. The van der Waals surface area contributed by atoms with Gasteiger partial charge in [0, 0.05) is 47.8 Å². The number of nitrogens with one attached hydrogen (secondary N) is 1. The van der Waals surface area contributed by atoms with Gasteiger partial charge in [-0.25, -0.2) is 0 Å². The van der Waals surface area contributed by atoms with Gasteiger partial charge in [-0.15, -0.1) is 0 Å². The highest BCUT2D eigenvalue weighted by Gasteiger charge is 2.25. The summed E-state index contributed by atoms with van der Waals surface area (Å²) in [5, 5.41) is 4.26. The number of carbonyl (C=O) groups excluding carboxylic acids is 2. The van der Waals surface area contributed by atoms with Crippen LogP contribution in [0.1, 0.15) is 95.0 Å². The van der Waals surface area contributed by atoms with E-state index >= 15 is 0 Å². The molecule has 206 valence electrons. The highest BCUT2D eigenvalue weighted by molar-refractivity contribution is 6.07. The highest BCUT2D eigenvalue weighted by atomic mass is 16.1. The van der Waals surface area contributed by atoms with E-state index in [9.17, 15) is 9.59 Å². The number of benzene rings is 2. The largest absolute Gasteiger partial charge is 0.349 e. The number of rotatable bonds is 8. The number of nitrogens with zero attached hydrogens (tertiary/aromatic N) is 2. The summed E-state index contributed by atoms with van der Waals surface area (Å²) in [6.45, 7) is 9.41. The average molecular weight is 526 g/mol. The fourth-order valence-corrected chi connectivity index (χ4v) is 6.41. The lowest BCUT2D eigenvalue weighted by Gasteiger charge is -2.31. The van der Waals surface area contributed by atoms with Crippen molar-refractivity contribution in [3.8, 4) is 0 Å². The molecule has 1 saturated carbocycles.